The summed E-state index contributed by atoms with van der Waals surface area (Å²) in [5.74, 6) is 2.71. The Morgan fingerprint density at radius 1 is 0.967 bits per heavy atom. The minimum absolute atomic E-state index is 0.0958. The Morgan fingerprint density at radius 3 is 2.40 bits per heavy atom. The summed E-state index contributed by atoms with van der Waals surface area (Å²) in [4.78, 5) is 16.7. The highest BCUT2D eigenvalue weighted by Gasteiger charge is 2.11. The van der Waals surface area contributed by atoms with Gasteiger partial charge in [0.2, 0.25) is 5.91 Å². The van der Waals surface area contributed by atoms with Crippen molar-refractivity contribution in [3.8, 4) is 34.3 Å². The van der Waals surface area contributed by atoms with Crippen LogP contribution in [0.15, 0.2) is 47.8 Å². The smallest absolute Gasteiger partial charge is 0.226 e. The van der Waals surface area contributed by atoms with E-state index in [0.29, 0.717) is 36.1 Å². The number of hydrogen-bond acceptors (Lipinski definition) is 7. The quantitative estimate of drug-likeness (QED) is 0.474. The summed E-state index contributed by atoms with van der Waals surface area (Å²) in [6.07, 6.45) is 0.952. The molecule has 0 spiro atoms. The molecule has 158 valence electrons. The van der Waals surface area contributed by atoms with Crippen LogP contribution in [-0.4, -0.2) is 38.8 Å². The van der Waals surface area contributed by atoms with Gasteiger partial charge in [-0.05, 0) is 48.9 Å². The van der Waals surface area contributed by atoms with E-state index >= 15 is 0 Å². The van der Waals surface area contributed by atoms with Crippen molar-refractivity contribution in [2.24, 2.45) is 0 Å². The Hall–Kier alpha value is -3.26. The van der Waals surface area contributed by atoms with Gasteiger partial charge in [0.05, 0.1) is 33.6 Å². The van der Waals surface area contributed by atoms with E-state index < -0.39 is 0 Å². The van der Waals surface area contributed by atoms with Crippen LogP contribution in [0.3, 0.4) is 0 Å². The molecule has 0 saturated carbocycles. The molecule has 3 rings (SSSR count). The van der Waals surface area contributed by atoms with Gasteiger partial charge in [0.15, 0.2) is 16.6 Å². The molecule has 0 aliphatic carbocycles. The first-order valence-electron chi connectivity index (χ1n) is 9.37. The molecule has 0 atom stereocenters. The molecule has 0 unspecified atom stereocenters. The molecule has 0 saturated heterocycles. The lowest BCUT2D eigenvalue weighted by molar-refractivity contribution is -0.116. The maximum atomic E-state index is 12.2. The third-order valence-corrected chi connectivity index (χ3v) is 5.06. The number of anilines is 1. The Bertz CT molecular complexity index is 972. The second-order valence-electron chi connectivity index (χ2n) is 6.28. The van der Waals surface area contributed by atoms with E-state index in [1.807, 2.05) is 47.8 Å². The van der Waals surface area contributed by atoms with Crippen LogP contribution in [0, 0.1) is 0 Å². The van der Waals surface area contributed by atoms with Gasteiger partial charge in [-0.1, -0.05) is 0 Å². The molecule has 0 bridgehead atoms. The first-order valence-corrected chi connectivity index (χ1v) is 10.3. The van der Waals surface area contributed by atoms with Crippen molar-refractivity contribution in [2.45, 2.75) is 12.8 Å². The van der Waals surface area contributed by atoms with Crippen LogP contribution in [0.4, 0.5) is 5.13 Å². The number of carbonyl (C=O) groups excluding carboxylic acids is 1. The second-order valence-corrected chi connectivity index (χ2v) is 7.14. The number of ether oxygens (including phenoxy) is 4. The summed E-state index contributed by atoms with van der Waals surface area (Å²) in [5, 5.41) is 5.29. The van der Waals surface area contributed by atoms with Crippen molar-refractivity contribution in [1.82, 2.24) is 4.98 Å². The predicted molar refractivity (Wildman–Crippen MR) is 117 cm³/mol. The second kappa shape index (κ2) is 10.5. The summed E-state index contributed by atoms with van der Waals surface area (Å²) in [7, 11) is 4.80. The fourth-order valence-corrected chi connectivity index (χ4v) is 3.47. The summed E-state index contributed by atoms with van der Waals surface area (Å²) < 4.78 is 21.3. The standard InChI is InChI=1S/C22H24N2O5S/c1-26-16-7-9-17(10-8-16)29-12-4-5-21(25)24-22-23-18(14-30-22)15-6-11-19(27-2)20(13-15)28-3/h6-11,13-14H,4-5,12H2,1-3H3,(H,23,24,25). The monoisotopic (exact) mass is 428 g/mol. The van der Waals surface area contributed by atoms with Gasteiger partial charge in [0, 0.05) is 17.4 Å². The number of aromatic nitrogens is 1. The first-order chi connectivity index (χ1) is 14.6. The molecular formula is C22H24N2O5S. The van der Waals surface area contributed by atoms with E-state index in [1.165, 1.54) is 11.3 Å². The Kier molecular flexibility index (Phi) is 7.51. The molecule has 0 aliphatic rings. The number of benzene rings is 2. The summed E-state index contributed by atoms with van der Waals surface area (Å²) in [5.41, 5.74) is 1.65. The topological polar surface area (TPSA) is 78.9 Å². The van der Waals surface area contributed by atoms with Gasteiger partial charge in [-0.15, -0.1) is 11.3 Å². The normalized spacial score (nSPS) is 10.4. The molecule has 2 aromatic carbocycles. The Labute approximate surface area is 179 Å². The van der Waals surface area contributed by atoms with E-state index in [1.54, 1.807) is 21.3 Å². The number of methoxy groups -OCH3 is 3. The average molecular weight is 429 g/mol. The number of carbonyl (C=O) groups is 1. The molecule has 30 heavy (non-hydrogen) atoms. The number of nitrogens with one attached hydrogen (secondary N) is 1. The fraction of sp³-hybridized carbons (Fsp3) is 0.273. The molecule has 0 aliphatic heterocycles. The van der Waals surface area contributed by atoms with E-state index in [0.717, 1.165) is 22.8 Å². The highest BCUT2D eigenvalue weighted by atomic mass is 32.1. The van der Waals surface area contributed by atoms with Crippen molar-refractivity contribution in [3.63, 3.8) is 0 Å². The number of rotatable bonds is 10. The molecular weight excluding hydrogens is 404 g/mol. The lowest BCUT2D eigenvalue weighted by Crippen LogP contribution is -2.12. The SMILES string of the molecule is COc1ccc(OCCCC(=O)Nc2nc(-c3ccc(OC)c(OC)c3)cs2)cc1. The third kappa shape index (κ3) is 5.64. The zero-order valence-electron chi connectivity index (χ0n) is 17.1. The first kappa shape index (κ1) is 21.4. The van der Waals surface area contributed by atoms with Gasteiger partial charge in [-0.25, -0.2) is 4.98 Å². The van der Waals surface area contributed by atoms with Gasteiger partial charge in [0.25, 0.3) is 0 Å². The van der Waals surface area contributed by atoms with Crippen molar-refractivity contribution in [2.75, 3.05) is 33.3 Å². The van der Waals surface area contributed by atoms with Gasteiger partial charge in [-0.3, -0.25) is 4.79 Å². The van der Waals surface area contributed by atoms with E-state index in [-0.39, 0.29) is 5.91 Å². The minimum atomic E-state index is -0.0958. The third-order valence-electron chi connectivity index (χ3n) is 4.31. The van der Waals surface area contributed by atoms with Gasteiger partial charge in [-0.2, -0.15) is 0 Å². The zero-order valence-corrected chi connectivity index (χ0v) is 18.0. The maximum absolute atomic E-state index is 12.2. The molecule has 0 fully saturated rings. The van der Waals surface area contributed by atoms with Gasteiger partial charge < -0.3 is 24.3 Å². The van der Waals surface area contributed by atoms with Crippen LogP contribution in [0.2, 0.25) is 0 Å². The van der Waals surface area contributed by atoms with Crippen LogP contribution in [0.1, 0.15) is 12.8 Å². The lowest BCUT2D eigenvalue weighted by Gasteiger charge is -2.08. The van der Waals surface area contributed by atoms with Crippen LogP contribution in [-0.2, 0) is 4.79 Å². The van der Waals surface area contributed by atoms with Crippen molar-refractivity contribution >= 4 is 22.4 Å². The van der Waals surface area contributed by atoms with Crippen LogP contribution >= 0.6 is 11.3 Å². The van der Waals surface area contributed by atoms with Crippen molar-refractivity contribution < 1.29 is 23.7 Å². The molecule has 1 aromatic heterocycles. The van der Waals surface area contributed by atoms with Gasteiger partial charge >= 0.3 is 0 Å². The molecule has 1 amide bonds. The largest absolute Gasteiger partial charge is 0.497 e. The summed E-state index contributed by atoms with van der Waals surface area (Å²) in [6.45, 7) is 0.453. The van der Waals surface area contributed by atoms with Crippen molar-refractivity contribution in [1.29, 1.82) is 0 Å². The van der Waals surface area contributed by atoms with E-state index in [4.69, 9.17) is 18.9 Å². The zero-order chi connectivity index (χ0) is 21.3. The van der Waals surface area contributed by atoms with Crippen molar-refractivity contribution in [3.05, 3.63) is 47.8 Å². The number of amides is 1. The molecule has 7 nitrogen and oxygen atoms in total. The molecule has 0 radical (unpaired) electrons. The molecule has 3 aromatic rings. The number of thiazole rings is 1. The average Bonchev–Trinajstić information content (AvgIpc) is 3.25. The minimum Gasteiger partial charge on any atom is -0.497 e. The van der Waals surface area contributed by atoms with E-state index in [9.17, 15) is 4.79 Å². The predicted octanol–water partition coefficient (Wildman–Crippen LogP) is 4.63. The summed E-state index contributed by atoms with van der Waals surface area (Å²) >= 11 is 1.38. The lowest BCUT2D eigenvalue weighted by atomic mass is 10.1. The molecule has 8 heteroatoms. The maximum Gasteiger partial charge on any atom is 0.226 e. The molecule has 1 N–H and O–H groups in total. The highest BCUT2D eigenvalue weighted by Crippen LogP contribution is 2.33. The number of nitrogens with zero attached hydrogens (tertiary/aromatic N) is 1. The highest BCUT2D eigenvalue weighted by molar-refractivity contribution is 7.14. The van der Waals surface area contributed by atoms with Crippen LogP contribution < -0.4 is 24.3 Å². The van der Waals surface area contributed by atoms with E-state index in [2.05, 4.69) is 10.3 Å². The Morgan fingerprint density at radius 2 is 1.70 bits per heavy atom. The van der Waals surface area contributed by atoms with Crippen LogP contribution in [0.5, 0.6) is 23.0 Å². The van der Waals surface area contributed by atoms with Gasteiger partial charge in [0.1, 0.15) is 11.5 Å². The number of hydrogen-bond donors (Lipinski definition) is 1. The fourth-order valence-electron chi connectivity index (χ4n) is 2.74. The Balaban J connectivity index is 1.47. The van der Waals surface area contributed by atoms with Crippen LogP contribution in [0.25, 0.3) is 11.3 Å². The molecule has 1 heterocycles. The summed E-state index contributed by atoms with van der Waals surface area (Å²) in [6, 6.07) is 12.9.